The summed E-state index contributed by atoms with van der Waals surface area (Å²) in [5.74, 6) is 1.34. The van der Waals surface area contributed by atoms with Gasteiger partial charge in [0.1, 0.15) is 11.5 Å². The molecule has 0 N–H and O–H groups in total. The lowest BCUT2D eigenvalue weighted by Gasteiger charge is -2.25. The van der Waals surface area contributed by atoms with Crippen LogP contribution in [0.2, 0.25) is 0 Å². The lowest BCUT2D eigenvalue weighted by Crippen LogP contribution is -2.34. The average molecular weight is 277 g/mol. The van der Waals surface area contributed by atoms with Gasteiger partial charge in [0.15, 0.2) is 0 Å². The number of benzene rings is 1. The number of hydrogen-bond donors (Lipinski definition) is 0. The van der Waals surface area contributed by atoms with Crippen molar-refractivity contribution in [3.05, 3.63) is 23.8 Å². The second-order valence-electron chi connectivity index (χ2n) is 5.13. The average Bonchev–Trinajstić information content (AvgIpc) is 2.45. The molecule has 0 unspecified atom stereocenters. The maximum atomic E-state index is 12.6. The van der Waals surface area contributed by atoms with Crippen molar-refractivity contribution in [2.75, 3.05) is 27.3 Å². The van der Waals surface area contributed by atoms with Crippen molar-refractivity contribution in [1.82, 2.24) is 4.90 Å². The Labute approximate surface area is 120 Å². The molecule has 4 nitrogen and oxygen atoms in total. The Hall–Kier alpha value is -1.71. The number of nitrogens with zero attached hydrogens (tertiary/aromatic N) is 1. The highest BCUT2D eigenvalue weighted by molar-refractivity contribution is 5.97. The van der Waals surface area contributed by atoms with E-state index in [9.17, 15) is 4.79 Å². The fourth-order valence-corrected chi connectivity index (χ4v) is 2.60. The minimum atomic E-state index is 0.0615. The topological polar surface area (TPSA) is 38.8 Å². The first kappa shape index (κ1) is 14.7. The predicted octanol–water partition coefficient (Wildman–Crippen LogP) is 3.11. The zero-order chi connectivity index (χ0) is 14.4. The van der Waals surface area contributed by atoms with Crippen molar-refractivity contribution in [1.29, 1.82) is 0 Å². The van der Waals surface area contributed by atoms with Crippen LogP contribution < -0.4 is 9.47 Å². The molecule has 1 aliphatic rings. The third kappa shape index (κ3) is 3.44. The first-order valence-electron chi connectivity index (χ1n) is 7.27. The van der Waals surface area contributed by atoms with Gasteiger partial charge in [-0.1, -0.05) is 19.3 Å². The number of carbonyl (C=O) groups excluding carboxylic acids is 1. The molecule has 1 saturated heterocycles. The molecule has 1 aliphatic heterocycles. The van der Waals surface area contributed by atoms with E-state index in [2.05, 4.69) is 0 Å². The standard InChI is InChI=1S/C16H23NO3/c1-19-13-8-9-14(15(12-13)20-2)16(18)17-10-6-4-3-5-7-11-17/h8-9,12H,3-7,10-11H2,1-2H3. The summed E-state index contributed by atoms with van der Waals surface area (Å²) in [6.45, 7) is 1.68. The van der Waals surface area contributed by atoms with E-state index >= 15 is 0 Å². The maximum Gasteiger partial charge on any atom is 0.257 e. The van der Waals surface area contributed by atoms with E-state index in [1.807, 2.05) is 4.90 Å². The molecular formula is C16H23NO3. The van der Waals surface area contributed by atoms with Gasteiger partial charge in [-0.25, -0.2) is 0 Å². The van der Waals surface area contributed by atoms with Crippen LogP contribution in [0, 0.1) is 0 Å². The van der Waals surface area contributed by atoms with Crippen molar-refractivity contribution >= 4 is 5.91 Å². The summed E-state index contributed by atoms with van der Waals surface area (Å²) < 4.78 is 10.5. The summed E-state index contributed by atoms with van der Waals surface area (Å²) in [6, 6.07) is 5.36. The van der Waals surface area contributed by atoms with Gasteiger partial charge in [0.25, 0.3) is 5.91 Å². The molecule has 1 fully saturated rings. The fraction of sp³-hybridized carbons (Fsp3) is 0.562. The lowest BCUT2D eigenvalue weighted by molar-refractivity contribution is 0.0739. The molecule has 0 aromatic heterocycles. The Balaban J connectivity index is 2.18. The largest absolute Gasteiger partial charge is 0.497 e. The van der Waals surface area contributed by atoms with Crippen LogP contribution in [-0.2, 0) is 0 Å². The predicted molar refractivity (Wildman–Crippen MR) is 78.5 cm³/mol. The van der Waals surface area contributed by atoms with Gasteiger partial charge in [-0.2, -0.15) is 0 Å². The highest BCUT2D eigenvalue weighted by Crippen LogP contribution is 2.26. The minimum Gasteiger partial charge on any atom is -0.497 e. The highest BCUT2D eigenvalue weighted by Gasteiger charge is 2.20. The van der Waals surface area contributed by atoms with Crippen LogP contribution in [0.5, 0.6) is 11.5 Å². The van der Waals surface area contributed by atoms with Gasteiger partial charge in [0.2, 0.25) is 0 Å². The van der Waals surface area contributed by atoms with Crippen LogP contribution in [0.3, 0.4) is 0 Å². The summed E-state index contributed by atoms with van der Waals surface area (Å²) in [7, 11) is 3.19. The Morgan fingerprint density at radius 2 is 1.65 bits per heavy atom. The molecule has 1 aromatic carbocycles. The van der Waals surface area contributed by atoms with Gasteiger partial charge in [-0.3, -0.25) is 4.79 Å². The molecule has 0 spiro atoms. The molecule has 1 heterocycles. The summed E-state index contributed by atoms with van der Waals surface area (Å²) in [5, 5.41) is 0. The van der Waals surface area contributed by atoms with Crippen molar-refractivity contribution in [2.24, 2.45) is 0 Å². The number of amides is 1. The van der Waals surface area contributed by atoms with Gasteiger partial charge >= 0.3 is 0 Å². The molecule has 4 heteroatoms. The summed E-state index contributed by atoms with van der Waals surface area (Å²) in [5.41, 5.74) is 0.619. The number of methoxy groups -OCH3 is 2. The highest BCUT2D eigenvalue weighted by atomic mass is 16.5. The van der Waals surface area contributed by atoms with E-state index < -0.39 is 0 Å². The van der Waals surface area contributed by atoms with E-state index in [0.29, 0.717) is 17.1 Å². The van der Waals surface area contributed by atoms with Crippen LogP contribution in [0.1, 0.15) is 42.5 Å². The van der Waals surface area contributed by atoms with Gasteiger partial charge in [0.05, 0.1) is 19.8 Å². The zero-order valence-electron chi connectivity index (χ0n) is 12.4. The normalized spacial score (nSPS) is 16.2. The van der Waals surface area contributed by atoms with Crippen LogP contribution in [0.4, 0.5) is 0 Å². The Kier molecular flexibility index (Phi) is 5.27. The van der Waals surface area contributed by atoms with Gasteiger partial charge in [-0.15, -0.1) is 0 Å². The molecule has 0 radical (unpaired) electrons. The Morgan fingerprint density at radius 3 is 2.25 bits per heavy atom. The molecule has 1 aromatic rings. The van der Waals surface area contributed by atoms with Crippen molar-refractivity contribution in [3.63, 3.8) is 0 Å². The third-order valence-corrected chi connectivity index (χ3v) is 3.78. The lowest BCUT2D eigenvalue weighted by atomic mass is 10.1. The molecule has 0 atom stereocenters. The van der Waals surface area contributed by atoms with Crippen molar-refractivity contribution < 1.29 is 14.3 Å². The molecule has 110 valence electrons. The molecule has 0 aliphatic carbocycles. The summed E-state index contributed by atoms with van der Waals surface area (Å²) in [4.78, 5) is 14.6. The second kappa shape index (κ2) is 7.17. The minimum absolute atomic E-state index is 0.0615. The van der Waals surface area contributed by atoms with Gasteiger partial charge in [0, 0.05) is 19.2 Å². The monoisotopic (exact) mass is 277 g/mol. The van der Waals surface area contributed by atoms with Gasteiger partial charge in [-0.05, 0) is 25.0 Å². The molecule has 0 bridgehead atoms. The van der Waals surface area contributed by atoms with E-state index in [1.165, 1.54) is 19.3 Å². The quantitative estimate of drug-likeness (QED) is 0.852. The van der Waals surface area contributed by atoms with Crippen LogP contribution in [0.15, 0.2) is 18.2 Å². The number of likely N-dealkylation sites (tertiary alicyclic amines) is 1. The first-order chi connectivity index (χ1) is 9.76. The number of hydrogen-bond acceptors (Lipinski definition) is 3. The molecule has 1 amide bonds. The van der Waals surface area contributed by atoms with E-state index in [1.54, 1.807) is 32.4 Å². The van der Waals surface area contributed by atoms with Crippen molar-refractivity contribution in [2.45, 2.75) is 32.1 Å². The number of rotatable bonds is 3. The van der Waals surface area contributed by atoms with E-state index in [4.69, 9.17) is 9.47 Å². The second-order valence-corrected chi connectivity index (χ2v) is 5.13. The maximum absolute atomic E-state index is 12.6. The summed E-state index contributed by atoms with van der Waals surface area (Å²) in [6.07, 6.45) is 5.88. The number of carbonyl (C=O) groups is 1. The smallest absolute Gasteiger partial charge is 0.257 e. The SMILES string of the molecule is COc1ccc(C(=O)N2CCCCCCC2)c(OC)c1. The van der Waals surface area contributed by atoms with Crippen LogP contribution in [-0.4, -0.2) is 38.1 Å². The fourth-order valence-electron chi connectivity index (χ4n) is 2.60. The zero-order valence-corrected chi connectivity index (χ0v) is 12.4. The molecule has 0 saturated carbocycles. The summed E-state index contributed by atoms with van der Waals surface area (Å²) >= 11 is 0. The van der Waals surface area contributed by atoms with E-state index in [-0.39, 0.29) is 5.91 Å². The van der Waals surface area contributed by atoms with Crippen LogP contribution in [0.25, 0.3) is 0 Å². The molecule has 2 rings (SSSR count). The van der Waals surface area contributed by atoms with Crippen LogP contribution >= 0.6 is 0 Å². The van der Waals surface area contributed by atoms with Gasteiger partial charge < -0.3 is 14.4 Å². The Bertz CT molecular complexity index is 451. The number of ether oxygens (including phenoxy) is 2. The molecule has 20 heavy (non-hydrogen) atoms. The Morgan fingerprint density at radius 1 is 1.00 bits per heavy atom. The van der Waals surface area contributed by atoms with E-state index in [0.717, 1.165) is 25.9 Å². The molecular weight excluding hydrogens is 254 g/mol. The third-order valence-electron chi connectivity index (χ3n) is 3.78. The van der Waals surface area contributed by atoms with Crippen molar-refractivity contribution in [3.8, 4) is 11.5 Å². The first-order valence-corrected chi connectivity index (χ1v) is 7.27.